The van der Waals surface area contributed by atoms with Gasteiger partial charge in [0.2, 0.25) is 5.91 Å². The first-order valence-electron chi connectivity index (χ1n) is 11.1. The molecule has 0 aliphatic carbocycles. The highest BCUT2D eigenvalue weighted by Crippen LogP contribution is 2.23. The Morgan fingerprint density at radius 2 is 1.59 bits per heavy atom. The van der Waals surface area contributed by atoms with Crippen LogP contribution < -0.4 is 10.6 Å². The number of carbonyl (C=O) groups is 3. The maximum atomic E-state index is 13.1. The highest BCUT2D eigenvalue weighted by atomic mass is 19.1. The number of carbonyl (C=O) groups excluding carboxylic acids is 3. The van der Waals surface area contributed by atoms with Crippen LogP contribution in [0.25, 0.3) is 0 Å². The van der Waals surface area contributed by atoms with Gasteiger partial charge in [-0.1, -0.05) is 24.6 Å². The molecule has 0 bridgehead atoms. The number of aryl methyl sites for hydroxylation is 1. The van der Waals surface area contributed by atoms with E-state index in [0.29, 0.717) is 43.6 Å². The summed E-state index contributed by atoms with van der Waals surface area (Å²) in [6.07, 6.45) is 1.98. The molecule has 1 saturated heterocycles. The van der Waals surface area contributed by atoms with Crippen LogP contribution in [0.15, 0.2) is 48.5 Å². The van der Waals surface area contributed by atoms with E-state index in [-0.39, 0.29) is 29.5 Å². The molecule has 1 atom stereocenters. The minimum absolute atomic E-state index is 0.0847. The SMILES string of the molecule is CCCNC(=O)[C@@H](NC(=O)c1ccc(C)cc1)C1CCN(C(=O)c2ccc(F)cc2)CC1. The van der Waals surface area contributed by atoms with E-state index < -0.39 is 6.04 Å². The van der Waals surface area contributed by atoms with Crippen molar-refractivity contribution in [3.8, 4) is 0 Å². The van der Waals surface area contributed by atoms with Crippen LogP contribution in [-0.2, 0) is 4.79 Å². The van der Waals surface area contributed by atoms with E-state index >= 15 is 0 Å². The largest absolute Gasteiger partial charge is 0.354 e. The van der Waals surface area contributed by atoms with Crippen LogP contribution in [0.3, 0.4) is 0 Å². The van der Waals surface area contributed by atoms with Gasteiger partial charge in [0.25, 0.3) is 11.8 Å². The second-order valence-corrected chi connectivity index (χ2v) is 8.24. The van der Waals surface area contributed by atoms with Gasteiger partial charge in [0.1, 0.15) is 11.9 Å². The second kappa shape index (κ2) is 10.9. The lowest BCUT2D eigenvalue weighted by Crippen LogP contribution is -2.54. The van der Waals surface area contributed by atoms with Gasteiger partial charge >= 0.3 is 0 Å². The molecule has 3 rings (SSSR count). The molecule has 1 aliphatic heterocycles. The Labute approximate surface area is 188 Å². The Morgan fingerprint density at radius 3 is 2.19 bits per heavy atom. The van der Waals surface area contributed by atoms with Crippen LogP contribution in [0, 0.1) is 18.7 Å². The Bertz CT molecular complexity index is 936. The lowest BCUT2D eigenvalue weighted by Gasteiger charge is -2.36. The van der Waals surface area contributed by atoms with Gasteiger partial charge in [-0.15, -0.1) is 0 Å². The number of likely N-dealkylation sites (tertiary alicyclic amines) is 1. The average Bonchev–Trinajstić information content (AvgIpc) is 2.81. The smallest absolute Gasteiger partial charge is 0.253 e. The van der Waals surface area contributed by atoms with Crippen molar-refractivity contribution in [2.75, 3.05) is 19.6 Å². The van der Waals surface area contributed by atoms with E-state index in [1.165, 1.54) is 24.3 Å². The third-order valence-corrected chi connectivity index (χ3v) is 5.82. The number of hydrogen-bond donors (Lipinski definition) is 2. The third kappa shape index (κ3) is 5.93. The molecule has 0 aromatic heterocycles. The standard InChI is InChI=1S/C25H30FN3O3/c1-3-14-27-24(31)22(28-23(30)19-6-4-17(2)5-7-19)18-12-15-29(16-13-18)25(32)20-8-10-21(26)11-9-20/h4-11,18,22H,3,12-16H2,1-2H3,(H,27,31)(H,28,30)/t22-/m0/s1. The van der Waals surface area contributed by atoms with Gasteiger partial charge in [-0.3, -0.25) is 14.4 Å². The molecule has 0 radical (unpaired) electrons. The Balaban J connectivity index is 1.66. The molecule has 1 fully saturated rings. The number of benzene rings is 2. The summed E-state index contributed by atoms with van der Waals surface area (Å²) in [6.45, 7) is 5.40. The predicted octanol–water partition coefficient (Wildman–Crippen LogP) is 3.31. The lowest BCUT2D eigenvalue weighted by atomic mass is 9.88. The molecule has 2 aromatic rings. The molecule has 170 valence electrons. The summed E-state index contributed by atoms with van der Waals surface area (Å²) in [7, 11) is 0. The summed E-state index contributed by atoms with van der Waals surface area (Å²) in [4.78, 5) is 40.1. The molecule has 0 saturated carbocycles. The van der Waals surface area contributed by atoms with Gasteiger partial charge in [-0.25, -0.2) is 4.39 Å². The van der Waals surface area contributed by atoms with E-state index in [0.717, 1.165) is 12.0 Å². The Kier molecular flexibility index (Phi) is 7.98. The minimum atomic E-state index is -0.668. The molecular formula is C25H30FN3O3. The van der Waals surface area contributed by atoms with Crippen molar-refractivity contribution in [3.05, 3.63) is 71.0 Å². The van der Waals surface area contributed by atoms with Crippen molar-refractivity contribution in [2.24, 2.45) is 5.92 Å². The lowest BCUT2D eigenvalue weighted by molar-refractivity contribution is -0.124. The van der Waals surface area contributed by atoms with Gasteiger partial charge in [-0.2, -0.15) is 0 Å². The fourth-order valence-electron chi connectivity index (χ4n) is 3.90. The molecule has 0 unspecified atom stereocenters. The fraction of sp³-hybridized carbons (Fsp3) is 0.400. The third-order valence-electron chi connectivity index (χ3n) is 5.82. The van der Waals surface area contributed by atoms with Crippen LogP contribution in [0.1, 0.15) is 52.5 Å². The van der Waals surface area contributed by atoms with E-state index in [9.17, 15) is 18.8 Å². The number of amides is 3. The van der Waals surface area contributed by atoms with E-state index in [4.69, 9.17) is 0 Å². The average molecular weight is 440 g/mol. The van der Waals surface area contributed by atoms with Crippen LogP contribution >= 0.6 is 0 Å². The number of hydrogen-bond acceptors (Lipinski definition) is 3. The number of piperidine rings is 1. The summed E-state index contributed by atoms with van der Waals surface area (Å²) < 4.78 is 13.1. The molecule has 0 spiro atoms. The highest BCUT2D eigenvalue weighted by Gasteiger charge is 2.34. The number of rotatable bonds is 7. The van der Waals surface area contributed by atoms with Gasteiger partial charge in [0.05, 0.1) is 0 Å². The monoisotopic (exact) mass is 439 g/mol. The molecule has 7 heteroatoms. The molecular weight excluding hydrogens is 409 g/mol. The number of nitrogens with zero attached hydrogens (tertiary/aromatic N) is 1. The minimum Gasteiger partial charge on any atom is -0.354 e. The predicted molar refractivity (Wildman–Crippen MR) is 121 cm³/mol. The maximum absolute atomic E-state index is 13.1. The number of nitrogens with one attached hydrogen (secondary N) is 2. The molecule has 1 heterocycles. The summed E-state index contributed by atoms with van der Waals surface area (Å²) in [5, 5.41) is 5.81. The van der Waals surface area contributed by atoms with Crippen LogP contribution in [-0.4, -0.2) is 48.3 Å². The van der Waals surface area contributed by atoms with Crippen LogP contribution in [0.2, 0.25) is 0 Å². The maximum Gasteiger partial charge on any atom is 0.253 e. The molecule has 6 nitrogen and oxygen atoms in total. The number of halogens is 1. The zero-order valence-electron chi connectivity index (χ0n) is 18.6. The first-order chi connectivity index (χ1) is 15.4. The van der Waals surface area contributed by atoms with E-state index in [1.807, 2.05) is 26.0 Å². The quantitative estimate of drug-likeness (QED) is 0.695. The molecule has 32 heavy (non-hydrogen) atoms. The van der Waals surface area contributed by atoms with Crippen molar-refractivity contribution < 1.29 is 18.8 Å². The van der Waals surface area contributed by atoms with Crippen molar-refractivity contribution in [2.45, 2.75) is 39.2 Å². The van der Waals surface area contributed by atoms with Crippen molar-refractivity contribution in [3.63, 3.8) is 0 Å². The zero-order chi connectivity index (χ0) is 23.1. The van der Waals surface area contributed by atoms with E-state index in [2.05, 4.69) is 10.6 Å². The van der Waals surface area contributed by atoms with Crippen molar-refractivity contribution in [1.29, 1.82) is 0 Å². The summed E-state index contributed by atoms with van der Waals surface area (Å²) >= 11 is 0. The molecule has 2 aromatic carbocycles. The van der Waals surface area contributed by atoms with Crippen molar-refractivity contribution >= 4 is 17.7 Å². The fourth-order valence-corrected chi connectivity index (χ4v) is 3.90. The van der Waals surface area contributed by atoms with Crippen molar-refractivity contribution in [1.82, 2.24) is 15.5 Å². The van der Waals surface area contributed by atoms with Gasteiger partial charge in [0, 0.05) is 30.8 Å². The first kappa shape index (κ1) is 23.4. The molecule has 2 N–H and O–H groups in total. The normalized spacial score (nSPS) is 15.2. The topological polar surface area (TPSA) is 78.5 Å². The van der Waals surface area contributed by atoms with Crippen LogP contribution in [0.4, 0.5) is 4.39 Å². The van der Waals surface area contributed by atoms with Crippen LogP contribution in [0.5, 0.6) is 0 Å². The Morgan fingerprint density at radius 1 is 1.00 bits per heavy atom. The highest BCUT2D eigenvalue weighted by molar-refractivity contribution is 5.97. The van der Waals surface area contributed by atoms with Gasteiger partial charge < -0.3 is 15.5 Å². The summed E-state index contributed by atoms with van der Waals surface area (Å²) in [5.41, 5.74) is 2.00. The Hall–Kier alpha value is -3.22. The summed E-state index contributed by atoms with van der Waals surface area (Å²) in [5.74, 6) is -1.11. The van der Waals surface area contributed by atoms with Gasteiger partial charge in [0.15, 0.2) is 0 Å². The summed E-state index contributed by atoms with van der Waals surface area (Å²) in [6, 6.07) is 12.0. The molecule has 1 aliphatic rings. The van der Waals surface area contributed by atoms with E-state index in [1.54, 1.807) is 17.0 Å². The first-order valence-corrected chi connectivity index (χ1v) is 11.1. The second-order valence-electron chi connectivity index (χ2n) is 8.24. The van der Waals surface area contributed by atoms with Gasteiger partial charge in [-0.05, 0) is 68.5 Å². The molecule has 3 amide bonds. The zero-order valence-corrected chi connectivity index (χ0v) is 18.6.